The minimum absolute atomic E-state index is 0.235. The van der Waals surface area contributed by atoms with Crippen molar-refractivity contribution >= 4 is 29.1 Å². The highest BCUT2D eigenvalue weighted by Crippen LogP contribution is 2.24. The molecule has 0 aliphatic rings. The SMILES string of the molecule is COc1cccc(-c2cc(Cn3ccn(C)c3=N)cc(C(=O)NCc3ccc(Cl)c(Cl)c3)c2)n1. The number of halogens is 2. The van der Waals surface area contributed by atoms with Gasteiger partial charge in [-0.15, -0.1) is 0 Å². The Kier molecular flexibility index (Phi) is 7.05. The lowest BCUT2D eigenvalue weighted by molar-refractivity contribution is 0.0951. The summed E-state index contributed by atoms with van der Waals surface area (Å²) < 4.78 is 8.78. The smallest absolute Gasteiger partial charge is 0.251 e. The van der Waals surface area contributed by atoms with Crippen LogP contribution in [-0.2, 0) is 20.1 Å². The van der Waals surface area contributed by atoms with Gasteiger partial charge in [0, 0.05) is 43.2 Å². The number of rotatable bonds is 7. The van der Waals surface area contributed by atoms with Crippen molar-refractivity contribution in [3.8, 4) is 17.1 Å². The van der Waals surface area contributed by atoms with Crippen LogP contribution in [0.3, 0.4) is 0 Å². The van der Waals surface area contributed by atoms with E-state index in [1.54, 1.807) is 40.5 Å². The Morgan fingerprint density at radius 3 is 2.59 bits per heavy atom. The lowest BCUT2D eigenvalue weighted by atomic mass is 10.0. The van der Waals surface area contributed by atoms with E-state index in [4.69, 9.17) is 33.3 Å². The summed E-state index contributed by atoms with van der Waals surface area (Å²) in [6.07, 6.45) is 3.66. The summed E-state index contributed by atoms with van der Waals surface area (Å²) in [5.74, 6) is 0.251. The second-order valence-electron chi connectivity index (χ2n) is 7.78. The number of benzene rings is 2. The number of nitrogens with one attached hydrogen (secondary N) is 2. The molecule has 2 heterocycles. The first-order valence-electron chi connectivity index (χ1n) is 10.5. The van der Waals surface area contributed by atoms with Gasteiger partial charge in [0.15, 0.2) is 0 Å². The van der Waals surface area contributed by atoms with Crippen LogP contribution >= 0.6 is 23.2 Å². The molecule has 1 amide bonds. The molecule has 2 aromatic heterocycles. The molecule has 174 valence electrons. The van der Waals surface area contributed by atoms with Crippen molar-refractivity contribution in [3.63, 3.8) is 0 Å². The lowest BCUT2D eigenvalue weighted by Gasteiger charge is -2.12. The fraction of sp³-hybridized carbons (Fsp3) is 0.160. The van der Waals surface area contributed by atoms with E-state index in [9.17, 15) is 4.79 Å². The number of hydrogen-bond acceptors (Lipinski definition) is 4. The summed E-state index contributed by atoms with van der Waals surface area (Å²) in [7, 11) is 3.38. The number of imidazole rings is 1. The molecule has 0 saturated heterocycles. The van der Waals surface area contributed by atoms with Crippen molar-refractivity contribution in [3.05, 3.63) is 99.3 Å². The van der Waals surface area contributed by atoms with Gasteiger partial charge in [0.1, 0.15) is 0 Å². The Balaban J connectivity index is 1.66. The number of pyridine rings is 1. The Morgan fingerprint density at radius 1 is 1.06 bits per heavy atom. The summed E-state index contributed by atoms with van der Waals surface area (Å²) in [5.41, 5.74) is 4.01. The summed E-state index contributed by atoms with van der Waals surface area (Å²) in [6.45, 7) is 0.738. The molecule has 0 fully saturated rings. The van der Waals surface area contributed by atoms with Gasteiger partial charge < -0.3 is 19.2 Å². The Bertz CT molecular complexity index is 1410. The number of methoxy groups -OCH3 is 1. The largest absolute Gasteiger partial charge is 0.481 e. The van der Waals surface area contributed by atoms with Gasteiger partial charge in [0.05, 0.1) is 29.4 Å². The van der Waals surface area contributed by atoms with Crippen LogP contribution in [0.15, 0.2) is 67.0 Å². The molecule has 2 N–H and O–H groups in total. The molecule has 2 aromatic carbocycles. The minimum Gasteiger partial charge on any atom is -0.481 e. The molecule has 34 heavy (non-hydrogen) atoms. The predicted octanol–water partition coefficient (Wildman–Crippen LogP) is 4.66. The molecule has 4 rings (SSSR count). The van der Waals surface area contributed by atoms with Crippen molar-refractivity contribution in [1.29, 1.82) is 5.41 Å². The number of carbonyl (C=O) groups excluding carboxylic acids is 1. The van der Waals surface area contributed by atoms with Crippen LogP contribution in [0.1, 0.15) is 21.5 Å². The average Bonchev–Trinajstić information content (AvgIpc) is 3.16. The molecule has 0 unspecified atom stereocenters. The number of ether oxygens (including phenoxy) is 1. The summed E-state index contributed by atoms with van der Waals surface area (Å²) in [5, 5.41) is 12.1. The van der Waals surface area contributed by atoms with Crippen molar-refractivity contribution in [2.24, 2.45) is 7.05 Å². The lowest BCUT2D eigenvalue weighted by Crippen LogP contribution is -2.24. The summed E-state index contributed by atoms with van der Waals surface area (Å²) >= 11 is 12.1. The van der Waals surface area contributed by atoms with Gasteiger partial charge in [-0.3, -0.25) is 10.2 Å². The molecule has 0 spiro atoms. The monoisotopic (exact) mass is 495 g/mol. The number of amides is 1. The molecule has 0 radical (unpaired) electrons. The van der Waals surface area contributed by atoms with Crippen molar-refractivity contribution in [2.45, 2.75) is 13.1 Å². The van der Waals surface area contributed by atoms with Gasteiger partial charge in [-0.25, -0.2) is 4.98 Å². The topological polar surface area (TPSA) is 84.9 Å². The molecule has 9 heteroatoms. The highest BCUT2D eigenvalue weighted by atomic mass is 35.5. The maximum Gasteiger partial charge on any atom is 0.251 e. The van der Waals surface area contributed by atoms with E-state index in [1.807, 2.05) is 49.8 Å². The standard InChI is InChI=1S/C25H23Cl2N5O2/c1-31-8-9-32(25(31)28)15-17-10-18(22-4-3-5-23(30-22)34-2)13-19(11-17)24(33)29-14-16-6-7-20(26)21(27)12-16/h3-13,28H,14-15H2,1-2H3,(H,29,33). The first-order valence-corrected chi connectivity index (χ1v) is 11.2. The Labute approximate surface area is 207 Å². The molecular weight excluding hydrogens is 473 g/mol. The third-order valence-corrected chi connectivity index (χ3v) is 6.09. The maximum atomic E-state index is 13.1. The quantitative estimate of drug-likeness (QED) is 0.390. The maximum absolute atomic E-state index is 13.1. The number of carbonyl (C=O) groups is 1. The molecule has 0 aliphatic carbocycles. The minimum atomic E-state index is -0.235. The van der Waals surface area contributed by atoms with Crippen LogP contribution in [0.2, 0.25) is 10.0 Å². The van der Waals surface area contributed by atoms with Gasteiger partial charge in [-0.1, -0.05) is 35.3 Å². The van der Waals surface area contributed by atoms with E-state index in [2.05, 4.69) is 10.3 Å². The first kappa shape index (κ1) is 23.6. The molecule has 0 saturated carbocycles. The third kappa shape index (κ3) is 5.32. The van der Waals surface area contributed by atoms with E-state index in [-0.39, 0.29) is 5.91 Å². The zero-order chi connectivity index (χ0) is 24.2. The van der Waals surface area contributed by atoms with E-state index >= 15 is 0 Å². The molecular formula is C25H23Cl2N5O2. The number of aromatic nitrogens is 3. The molecule has 0 aliphatic heterocycles. The van der Waals surface area contributed by atoms with Gasteiger partial charge in [0.25, 0.3) is 5.91 Å². The van der Waals surface area contributed by atoms with E-state index < -0.39 is 0 Å². The van der Waals surface area contributed by atoms with Crippen LogP contribution in [-0.4, -0.2) is 27.1 Å². The molecule has 0 atom stereocenters. The Morgan fingerprint density at radius 2 is 1.88 bits per heavy atom. The fourth-order valence-corrected chi connectivity index (χ4v) is 3.85. The summed E-state index contributed by atoms with van der Waals surface area (Å²) in [4.78, 5) is 17.6. The number of hydrogen-bond donors (Lipinski definition) is 2. The van der Waals surface area contributed by atoms with Gasteiger partial charge >= 0.3 is 0 Å². The van der Waals surface area contributed by atoms with Crippen LogP contribution < -0.4 is 15.7 Å². The van der Waals surface area contributed by atoms with E-state index in [0.29, 0.717) is 45.9 Å². The normalized spacial score (nSPS) is 10.8. The predicted molar refractivity (Wildman–Crippen MR) is 132 cm³/mol. The van der Waals surface area contributed by atoms with Gasteiger partial charge in [-0.2, -0.15) is 0 Å². The third-order valence-electron chi connectivity index (χ3n) is 5.35. The van der Waals surface area contributed by atoms with E-state index in [1.165, 1.54) is 0 Å². The van der Waals surface area contributed by atoms with Crippen molar-refractivity contribution in [2.75, 3.05) is 7.11 Å². The van der Waals surface area contributed by atoms with Crippen LogP contribution in [0.4, 0.5) is 0 Å². The molecule has 0 bridgehead atoms. The second kappa shape index (κ2) is 10.2. The van der Waals surface area contributed by atoms with Gasteiger partial charge in [-0.05, 0) is 47.5 Å². The van der Waals surface area contributed by atoms with Crippen LogP contribution in [0.25, 0.3) is 11.3 Å². The molecule has 4 aromatic rings. The van der Waals surface area contributed by atoms with Crippen LogP contribution in [0.5, 0.6) is 5.88 Å². The van der Waals surface area contributed by atoms with Crippen LogP contribution in [0, 0.1) is 5.41 Å². The number of nitrogens with zero attached hydrogens (tertiary/aromatic N) is 3. The Hall–Kier alpha value is -3.55. The highest BCUT2D eigenvalue weighted by Gasteiger charge is 2.13. The first-order chi connectivity index (χ1) is 16.3. The second-order valence-corrected chi connectivity index (χ2v) is 8.59. The number of aryl methyl sites for hydroxylation is 1. The van der Waals surface area contributed by atoms with Crippen molar-refractivity contribution in [1.82, 2.24) is 19.4 Å². The summed E-state index contributed by atoms with van der Waals surface area (Å²) in [6, 6.07) is 16.3. The average molecular weight is 496 g/mol. The molecule has 7 nitrogen and oxygen atoms in total. The van der Waals surface area contributed by atoms with Crippen molar-refractivity contribution < 1.29 is 9.53 Å². The zero-order valence-corrected chi connectivity index (χ0v) is 20.2. The van der Waals surface area contributed by atoms with Gasteiger partial charge in [0.2, 0.25) is 11.5 Å². The zero-order valence-electron chi connectivity index (χ0n) is 18.7. The highest BCUT2D eigenvalue weighted by molar-refractivity contribution is 6.42. The fourth-order valence-electron chi connectivity index (χ4n) is 3.53. The van der Waals surface area contributed by atoms with E-state index in [0.717, 1.165) is 16.7 Å².